The van der Waals surface area contributed by atoms with Crippen LogP contribution in [0.15, 0.2) is 11.4 Å². The Hall–Kier alpha value is -1.11. The zero-order chi connectivity index (χ0) is 15.4. The monoisotopic (exact) mass is 323 g/mol. The molecule has 0 bridgehead atoms. The van der Waals surface area contributed by atoms with Gasteiger partial charge < -0.3 is 15.3 Å². The van der Waals surface area contributed by atoms with E-state index in [1.165, 1.54) is 10.4 Å². The molecule has 5 nitrogen and oxygen atoms in total. The largest absolute Gasteiger partial charge is 0.396 e. The van der Waals surface area contributed by atoms with Crippen molar-refractivity contribution in [1.82, 2.24) is 15.1 Å². The number of piperidine rings is 1. The molecule has 0 radical (unpaired) electrons. The van der Waals surface area contributed by atoms with E-state index >= 15 is 0 Å². The molecule has 1 aromatic heterocycles. The molecule has 1 atom stereocenters. The molecule has 2 aliphatic heterocycles. The summed E-state index contributed by atoms with van der Waals surface area (Å²) >= 11 is 1.85. The Morgan fingerprint density at radius 3 is 3.23 bits per heavy atom. The molecule has 0 saturated carbocycles. The summed E-state index contributed by atoms with van der Waals surface area (Å²) in [6.45, 7) is 5.36. The van der Waals surface area contributed by atoms with E-state index in [-0.39, 0.29) is 18.6 Å². The van der Waals surface area contributed by atoms with Gasteiger partial charge in [0.2, 0.25) is 0 Å². The Balaban J connectivity index is 1.39. The third-order valence-electron chi connectivity index (χ3n) is 4.66. The molecule has 3 heterocycles. The molecular formula is C16H25N3O2S. The van der Waals surface area contributed by atoms with Crippen LogP contribution in [0.1, 0.15) is 23.3 Å². The summed E-state index contributed by atoms with van der Waals surface area (Å²) in [6, 6.07) is 2.24. The van der Waals surface area contributed by atoms with Crippen molar-refractivity contribution in [2.45, 2.75) is 25.8 Å². The SMILES string of the molecule is O=C(NCCN1CCc2sccc2C1)N1CCCC(CO)C1. The maximum absolute atomic E-state index is 12.2. The van der Waals surface area contributed by atoms with Crippen molar-refractivity contribution < 1.29 is 9.90 Å². The minimum atomic E-state index is 0.0198. The Morgan fingerprint density at radius 2 is 2.36 bits per heavy atom. The highest BCUT2D eigenvalue weighted by molar-refractivity contribution is 7.10. The molecule has 0 aliphatic carbocycles. The van der Waals surface area contributed by atoms with Gasteiger partial charge in [-0.05, 0) is 42.2 Å². The van der Waals surface area contributed by atoms with Crippen LogP contribution in [0, 0.1) is 5.92 Å². The molecule has 0 aromatic carbocycles. The van der Waals surface area contributed by atoms with Crippen LogP contribution in [-0.2, 0) is 13.0 Å². The van der Waals surface area contributed by atoms with Crippen LogP contribution in [0.5, 0.6) is 0 Å². The summed E-state index contributed by atoms with van der Waals surface area (Å²) < 4.78 is 0. The maximum Gasteiger partial charge on any atom is 0.317 e. The highest BCUT2D eigenvalue weighted by atomic mass is 32.1. The normalized spacial score (nSPS) is 22.4. The van der Waals surface area contributed by atoms with E-state index in [2.05, 4.69) is 21.7 Å². The average Bonchev–Trinajstić information content (AvgIpc) is 3.02. The third kappa shape index (κ3) is 3.80. The van der Waals surface area contributed by atoms with Crippen LogP contribution in [0.2, 0.25) is 0 Å². The van der Waals surface area contributed by atoms with E-state index in [1.54, 1.807) is 0 Å². The van der Waals surface area contributed by atoms with Gasteiger partial charge in [-0.1, -0.05) is 0 Å². The van der Waals surface area contributed by atoms with Crippen molar-refractivity contribution in [3.63, 3.8) is 0 Å². The average molecular weight is 323 g/mol. The minimum absolute atomic E-state index is 0.0198. The van der Waals surface area contributed by atoms with Crippen molar-refractivity contribution in [2.24, 2.45) is 5.92 Å². The fraction of sp³-hybridized carbons (Fsp3) is 0.688. The summed E-state index contributed by atoms with van der Waals surface area (Å²) in [7, 11) is 0. The molecule has 6 heteroatoms. The Morgan fingerprint density at radius 1 is 1.45 bits per heavy atom. The fourth-order valence-electron chi connectivity index (χ4n) is 3.33. The first kappa shape index (κ1) is 15.8. The first-order valence-electron chi connectivity index (χ1n) is 8.17. The van der Waals surface area contributed by atoms with Crippen LogP contribution in [0.3, 0.4) is 0 Å². The summed E-state index contributed by atoms with van der Waals surface area (Å²) in [5, 5.41) is 14.4. The van der Waals surface area contributed by atoms with Crippen LogP contribution in [-0.4, -0.2) is 60.3 Å². The summed E-state index contributed by atoms with van der Waals surface area (Å²) in [4.78, 5) is 17.9. The van der Waals surface area contributed by atoms with Crippen molar-refractivity contribution >= 4 is 17.4 Å². The van der Waals surface area contributed by atoms with Gasteiger partial charge in [0.1, 0.15) is 0 Å². The molecule has 122 valence electrons. The zero-order valence-corrected chi connectivity index (χ0v) is 13.8. The van der Waals surface area contributed by atoms with Crippen molar-refractivity contribution in [2.75, 3.05) is 39.3 Å². The summed E-state index contributed by atoms with van der Waals surface area (Å²) in [6.07, 6.45) is 3.15. The number of fused-ring (bicyclic) bond motifs is 1. The molecule has 1 fully saturated rings. The van der Waals surface area contributed by atoms with Gasteiger partial charge in [0.25, 0.3) is 0 Å². The lowest BCUT2D eigenvalue weighted by Gasteiger charge is -2.32. The molecule has 3 rings (SSSR count). The van der Waals surface area contributed by atoms with Gasteiger partial charge in [-0.15, -0.1) is 11.3 Å². The number of amides is 2. The number of carbonyl (C=O) groups is 1. The Kier molecular flexibility index (Phi) is 5.33. The first-order valence-corrected chi connectivity index (χ1v) is 9.05. The number of likely N-dealkylation sites (tertiary alicyclic amines) is 1. The number of urea groups is 1. The lowest BCUT2D eigenvalue weighted by molar-refractivity contribution is 0.129. The zero-order valence-electron chi connectivity index (χ0n) is 13.0. The molecular weight excluding hydrogens is 298 g/mol. The number of nitrogens with one attached hydrogen (secondary N) is 1. The molecule has 22 heavy (non-hydrogen) atoms. The lowest BCUT2D eigenvalue weighted by atomic mass is 9.99. The van der Waals surface area contributed by atoms with E-state index in [9.17, 15) is 9.90 Å². The Bertz CT molecular complexity index is 505. The second-order valence-corrected chi connectivity index (χ2v) is 7.26. The third-order valence-corrected chi connectivity index (χ3v) is 5.68. The molecule has 2 aliphatic rings. The maximum atomic E-state index is 12.2. The Labute approximate surface area is 135 Å². The van der Waals surface area contributed by atoms with E-state index in [4.69, 9.17) is 0 Å². The van der Waals surface area contributed by atoms with E-state index in [0.717, 1.165) is 45.4 Å². The topological polar surface area (TPSA) is 55.8 Å². The van der Waals surface area contributed by atoms with Gasteiger partial charge in [0, 0.05) is 50.8 Å². The lowest BCUT2D eigenvalue weighted by Crippen LogP contribution is -2.48. The molecule has 0 spiro atoms. The number of aliphatic hydroxyl groups is 1. The van der Waals surface area contributed by atoms with Crippen molar-refractivity contribution in [3.05, 3.63) is 21.9 Å². The number of thiophene rings is 1. The second-order valence-electron chi connectivity index (χ2n) is 6.26. The molecule has 1 saturated heterocycles. The second kappa shape index (κ2) is 7.44. The molecule has 2 amide bonds. The van der Waals surface area contributed by atoms with Gasteiger partial charge in [-0.25, -0.2) is 4.79 Å². The van der Waals surface area contributed by atoms with Gasteiger partial charge in [0.05, 0.1) is 0 Å². The summed E-state index contributed by atoms with van der Waals surface area (Å²) in [5.74, 6) is 0.249. The standard InChI is InChI=1S/C16H25N3O2S/c20-12-13-2-1-6-19(10-13)16(21)17-5-8-18-7-3-15-14(11-18)4-9-22-15/h4,9,13,20H,1-3,5-8,10-12H2,(H,17,21). The highest BCUT2D eigenvalue weighted by Crippen LogP contribution is 2.23. The van der Waals surface area contributed by atoms with Crippen molar-refractivity contribution in [3.8, 4) is 0 Å². The summed E-state index contributed by atoms with van der Waals surface area (Å²) in [5.41, 5.74) is 1.45. The highest BCUT2D eigenvalue weighted by Gasteiger charge is 2.23. The van der Waals surface area contributed by atoms with E-state index < -0.39 is 0 Å². The van der Waals surface area contributed by atoms with Crippen molar-refractivity contribution in [1.29, 1.82) is 0 Å². The van der Waals surface area contributed by atoms with Gasteiger partial charge >= 0.3 is 6.03 Å². The van der Waals surface area contributed by atoms with E-state index in [1.807, 2.05) is 16.2 Å². The van der Waals surface area contributed by atoms with Crippen LogP contribution in [0.25, 0.3) is 0 Å². The number of hydrogen-bond acceptors (Lipinski definition) is 4. The fourth-order valence-corrected chi connectivity index (χ4v) is 4.22. The predicted octanol–water partition coefficient (Wildman–Crippen LogP) is 1.52. The number of carbonyl (C=O) groups excluding carboxylic acids is 1. The number of nitrogens with zero attached hydrogens (tertiary/aromatic N) is 2. The van der Waals surface area contributed by atoms with Crippen LogP contribution >= 0.6 is 11.3 Å². The molecule has 1 unspecified atom stereocenters. The number of hydrogen-bond donors (Lipinski definition) is 2. The minimum Gasteiger partial charge on any atom is -0.396 e. The van der Waals surface area contributed by atoms with Gasteiger partial charge in [0.15, 0.2) is 0 Å². The van der Waals surface area contributed by atoms with Crippen LogP contribution in [0.4, 0.5) is 4.79 Å². The first-order chi connectivity index (χ1) is 10.8. The smallest absolute Gasteiger partial charge is 0.317 e. The molecule has 1 aromatic rings. The van der Waals surface area contributed by atoms with E-state index in [0.29, 0.717) is 13.1 Å². The van der Waals surface area contributed by atoms with Gasteiger partial charge in [-0.3, -0.25) is 4.90 Å². The predicted molar refractivity (Wildman–Crippen MR) is 88.1 cm³/mol. The quantitative estimate of drug-likeness (QED) is 0.883. The molecule has 2 N–H and O–H groups in total. The van der Waals surface area contributed by atoms with Gasteiger partial charge in [-0.2, -0.15) is 0 Å². The number of rotatable bonds is 4. The van der Waals surface area contributed by atoms with Crippen LogP contribution < -0.4 is 5.32 Å². The number of aliphatic hydroxyl groups excluding tert-OH is 1.